The van der Waals surface area contributed by atoms with E-state index in [1.165, 1.54) is 0 Å². The van der Waals surface area contributed by atoms with Gasteiger partial charge in [-0.2, -0.15) is 0 Å². The molecule has 0 saturated heterocycles. The minimum atomic E-state index is -1.29. The molecule has 2 unspecified atom stereocenters. The van der Waals surface area contributed by atoms with Gasteiger partial charge in [0.1, 0.15) is 19.2 Å². The molecule has 5 nitrogen and oxygen atoms in total. The molecule has 20 heavy (non-hydrogen) atoms. The smallest absolute Gasteiger partial charge is 0.257 e. The lowest BCUT2D eigenvalue weighted by Gasteiger charge is -2.48. The Hall–Kier alpha value is -1.43. The summed E-state index contributed by atoms with van der Waals surface area (Å²) in [7, 11) is 0. The Kier molecular flexibility index (Phi) is 5.28. The van der Waals surface area contributed by atoms with E-state index < -0.39 is 22.2 Å². The van der Waals surface area contributed by atoms with Crippen LogP contribution >= 0.6 is 0 Å². The summed E-state index contributed by atoms with van der Waals surface area (Å²) in [5.74, 6) is 0. The van der Waals surface area contributed by atoms with Crippen LogP contribution in [-0.4, -0.2) is 46.0 Å². The highest BCUT2D eigenvalue weighted by atomic mass is 16.4. The van der Waals surface area contributed by atoms with Gasteiger partial charge in [0.15, 0.2) is 0 Å². The van der Waals surface area contributed by atoms with Crippen molar-refractivity contribution in [3.05, 3.63) is 35.9 Å². The summed E-state index contributed by atoms with van der Waals surface area (Å²) in [5, 5.41) is 31.2. The van der Waals surface area contributed by atoms with Crippen molar-refractivity contribution in [2.45, 2.75) is 32.4 Å². The third kappa shape index (κ3) is 3.36. The number of carboxylic acid groups (broad SMARTS) is 1. The molecule has 0 aliphatic rings. The fourth-order valence-electron chi connectivity index (χ4n) is 2.39. The van der Waals surface area contributed by atoms with Gasteiger partial charge in [-0.1, -0.05) is 30.3 Å². The molecule has 0 fully saturated rings. The fourth-order valence-corrected chi connectivity index (χ4v) is 2.39. The van der Waals surface area contributed by atoms with Gasteiger partial charge in [0.2, 0.25) is 0 Å². The number of aliphatic hydroxyl groups is 2. The van der Waals surface area contributed by atoms with Gasteiger partial charge >= 0.3 is 0 Å². The molecule has 0 aromatic heterocycles. The van der Waals surface area contributed by atoms with E-state index in [2.05, 4.69) is 0 Å². The van der Waals surface area contributed by atoms with Gasteiger partial charge in [-0.3, -0.25) is 4.48 Å². The highest BCUT2D eigenvalue weighted by Gasteiger charge is 2.44. The van der Waals surface area contributed by atoms with E-state index in [-0.39, 0.29) is 19.7 Å². The van der Waals surface area contributed by atoms with Crippen molar-refractivity contribution in [1.82, 2.24) is 0 Å². The number of hydrogen-bond donors (Lipinski definition) is 2. The molecule has 112 valence electrons. The molecular formula is C15H23NO4. The molecule has 1 rings (SSSR count). The Labute approximate surface area is 119 Å². The molecule has 0 aliphatic heterocycles. The molecule has 2 atom stereocenters. The van der Waals surface area contributed by atoms with Gasteiger partial charge < -0.3 is 20.1 Å². The van der Waals surface area contributed by atoms with Crippen LogP contribution in [0, 0.1) is 0 Å². The molecule has 1 aromatic carbocycles. The van der Waals surface area contributed by atoms with Crippen LogP contribution in [0.2, 0.25) is 0 Å². The van der Waals surface area contributed by atoms with Gasteiger partial charge in [0.05, 0.1) is 12.1 Å². The number of quaternary nitrogens is 1. The molecule has 5 heteroatoms. The second kappa shape index (κ2) is 6.35. The van der Waals surface area contributed by atoms with Gasteiger partial charge in [-0.05, 0) is 26.3 Å². The van der Waals surface area contributed by atoms with E-state index in [9.17, 15) is 20.1 Å². The number of hydrogen-bond acceptors (Lipinski definition) is 4. The third-order valence-corrected chi connectivity index (χ3v) is 3.78. The molecule has 0 bridgehead atoms. The summed E-state index contributed by atoms with van der Waals surface area (Å²) < 4.78 is -0.500. The van der Waals surface area contributed by atoms with Gasteiger partial charge in [0, 0.05) is 0 Å². The van der Waals surface area contributed by atoms with Crippen LogP contribution in [0.25, 0.3) is 0 Å². The average molecular weight is 281 g/mol. The normalized spacial score (nSPS) is 16.4. The Morgan fingerprint density at radius 1 is 1.30 bits per heavy atom. The highest BCUT2D eigenvalue weighted by Crippen LogP contribution is 2.28. The average Bonchev–Trinajstić information content (AvgIpc) is 2.37. The topological polar surface area (TPSA) is 80.6 Å². The van der Waals surface area contributed by atoms with Crippen molar-refractivity contribution in [2.75, 3.05) is 19.7 Å². The lowest BCUT2D eigenvalue weighted by Crippen LogP contribution is -2.69. The summed E-state index contributed by atoms with van der Waals surface area (Å²) in [6.07, 6.45) is -2.22. The first-order valence-corrected chi connectivity index (χ1v) is 6.67. The molecule has 0 heterocycles. The monoisotopic (exact) mass is 281 g/mol. The first kappa shape index (κ1) is 16.6. The SMILES string of the molecule is CC(C)(C)[N+](CCO)(CC(O)c1ccccc1)C(=O)[O-]. The predicted octanol–water partition coefficient (Wildman–Crippen LogP) is 0.671. The van der Waals surface area contributed by atoms with Crippen molar-refractivity contribution in [1.29, 1.82) is 0 Å². The predicted molar refractivity (Wildman–Crippen MR) is 73.6 cm³/mol. The Balaban J connectivity index is 3.10. The minimum absolute atomic E-state index is 0.00424. The van der Waals surface area contributed by atoms with Crippen molar-refractivity contribution in [3.8, 4) is 0 Å². The summed E-state index contributed by atoms with van der Waals surface area (Å²) >= 11 is 0. The zero-order chi connectivity index (χ0) is 15.4. The summed E-state index contributed by atoms with van der Waals surface area (Å²) in [6.45, 7) is 4.95. The standard InChI is InChI=1S/C15H23NO4/c1-15(2,3)16(9-10-17,14(19)20)11-13(18)12-7-5-4-6-8-12/h4-8,13,17-18H,9-11H2,1-3H3. The van der Waals surface area contributed by atoms with Crippen molar-refractivity contribution in [2.24, 2.45) is 0 Å². The van der Waals surface area contributed by atoms with E-state index in [0.717, 1.165) is 0 Å². The van der Waals surface area contributed by atoms with Crippen LogP contribution < -0.4 is 5.11 Å². The second-order valence-electron chi connectivity index (χ2n) is 5.96. The first-order chi connectivity index (χ1) is 9.24. The number of carbonyl (C=O) groups is 1. The van der Waals surface area contributed by atoms with Crippen molar-refractivity contribution >= 4 is 6.09 Å². The zero-order valence-corrected chi connectivity index (χ0v) is 12.2. The van der Waals surface area contributed by atoms with Crippen LogP contribution in [0.3, 0.4) is 0 Å². The lowest BCUT2D eigenvalue weighted by molar-refractivity contribution is -0.923. The van der Waals surface area contributed by atoms with E-state index in [1.54, 1.807) is 45.0 Å². The van der Waals surface area contributed by atoms with Crippen LogP contribution in [0.5, 0.6) is 0 Å². The lowest BCUT2D eigenvalue weighted by atomic mass is 9.98. The maximum absolute atomic E-state index is 11.7. The Bertz CT molecular complexity index is 441. The maximum Gasteiger partial charge on any atom is 0.257 e. The molecular weight excluding hydrogens is 258 g/mol. The van der Waals surface area contributed by atoms with Gasteiger partial charge in [-0.25, -0.2) is 0 Å². The summed E-state index contributed by atoms with van der Waals surface area (Å²) in [4.78, 5) is 11.7. The van der Waals surface area contributed by atoms with Gasteiger partial charge in [-0.15, -0.1) is 0 Å². The Morgan fingerprint density at radius 2 is 1.85 bits per heavy atom. The molecule has 0 spiro atoms. The Morgan fingerprint density at radius 3 is 2.25 bits per heavy atom. The number of nitrogens with zero attached hydrogens (tertiary/aromatic N) is 1. The quantitative estimate of drug-likeness (QED) is 0.777. The molecule has 0 radical (unpaired) electrons. The highest BCUT2D eigenvalue weighted by molar-refractivity contribution is 5.54. The number of benzene rings is 1. The number of amides is 1. The van der Waals surface area contributed by atoms with Crippen molar-refractivity contribution < 1.29 is 24.6 Å². The molecule has 1 aromatic rings. The molecule has 0 aliphatic carbocycles. The molecule has 0 saturated carbocycles. The number of aliphatic hydroxyl groups excluding tert-OH is 2. The molecule has 2 N–H and O–H groups in total. The van der Waals surface area contributed by atoms with Crippen LogP contribution in [0.1, 0.15) is 32.4 Å². The second-order valence-corrected chi connectivity index (χ2v) is 5.96. The minimum Gasteiger partial charge on any atom is -0.498 e. The summed E-state index contributed by atoms with van der Waals surface area (Å²) in [5.41, 5.74) is -0.0458. The summed E-state index contributed by atoms with van der Waals surface area (Å²) in [6, 6.07) is 8.89. The van der Waals surface area contributed by atoms with E-state index in [4.69, 9.17) is 0 Å². The van der Waals surface area contributed by atoms with E-state index >= 15 is 0 Å². The van der Waals surface area contributed by atoms with Crippen molar-refractivity contribution in [3.63, 3.8) is 0 Å². The maximum atomic E-state index is 11.7. The zero-order valence-electron chi connectivity index (χ0n) is 12.2. The first-order valence-electron chi connectivity index (χ1n) is 6.67. The number of carbonyl (C=O) groups excluding carboxylic acids is 1. The molecule has 1 amide bonds. The van der Waals surface area contributed by atoms with Crippen LogP contribution in [0.4, 0.5) is 4.79 Å². The van der Waals surface area contributed by atoms with Gasteiger partial charge in [0.25, 0.3) is 6.09 Å². The van der Waals surface area contributed by atoms with Crippen LogP contribution in [0.15, 0.2) is 30.3 Å². The van der Waals surface area contributed by atoms with Crippen LogP contribution in [-0.2, 0) is 0 Å². The van der Waals surface area contributed by atoms with E-state index in [1.807, 2.05) is 6.07 Å². The largest absolute Gasteiger partial charge is 0.498 e. The third-order valence-electron chi connectivity index (χ3n) is 3.78. The fraction of sp³-hybridized carbons (Fsp3) is 0.533. The number of rotatable bonds is 5. The van der Waals surface area contributed by atoms with E-state index in [0.29, 0.717) is 5.56 Å².